The molecule has 0 saturated carbocycles. The van der Waals surface area contributed by atoms with Crippen molar-refractivity contribution in [2.45, 2.75) is 26.1 Å². The molecule has 7 nitrogen and oxygen atoms in total. The van der Waals surface area contributed by atoms with Crippen molar-refractivity contribution in [3.63, 3.8) is 0 Å². The standard InChI is InChI=1S/C21H26F2N4O3.HI/c1-24-21(25-11-10-19(28)26-13-15-6-4-3-5-7-15)27-14-16-12-17(29-2)8-9-18(16)30-20(22)23;/h3-9,12,20H,10-11,13-14H2,1-2H3,(H,26,28)(H2,24,25,27);1H. The van der Waals surface area contributed by atoms with E-state index in [-0.39, 0.29) is 48.6 Å². The van der Waals surface area contributed by atoms with Crippen molar-refractivity contribution < 1.29 is 23.0 Å². The molecule has 2 aromatic rings. The Morgan fingerprint density at radius 3 is 2.45 bits per heavy atom. The fraction of sp³-hybridized carbons (Fsp3) is 0.333. The third kappa shape index (κ3) is 9.81. The first-order valence-electron chi connectivity index (χ1n) is 9.38. The molecule has 0 aliphatic heterocycles. The van der Waals surface area contributed by atoms with Crippen molar-refractivity contribution in [2.75, 3.05) is 20.7 Å². The molecule has 0 spiro atoms. The van der Waals surface area contributed by atoms with E-state index in [9.17, 15) is 13.6 Å². The number of hydrogen-bond donors (Lipinski definition) is 3. The number of hydrogen-bond acceptors (Lipinski definition) is 4. The van der Waals surface area contributed by atoms with Crippen LogP contribution in [0, 0.1) is 0 Å². The zero-order chi connectivity index (χ0) is 21.8. The number of nitrogens with zero attached hydrogens (tertiary/aromatic N) is 1. The molecule has 0 bridgehead atoms. The van der Waals surface area contributed by atoms with E-state index in [2.05, 4.69) is 25.7 Å². The molecular formula is C21H27F2IN4O3. The van der Waals surface area contributed by atoms with E-state index in [0.717, 1.165) is 5.56 Å². The molecule has 170 valence electrons. The molecule has 3 N–H and O–H groups in total. The predicted octanol–water partition coefficient (Wildman–Crippen LogP) is 3.29. The highest BCUT2D eigenvalue weighted by molar-refractivity contribution is 14.0. The fourth-order valence-corrected chi connectivity index (χ4v) is 2.61. The topological polar surface area (TPSA) is 84.0 Å². The van der Waals surface area contributed by atoms with Crippen molar-refractivity contribution >= 4 is 35.8 Å². The van der Waals surface area contributed by atoms with Crippen molar-refractivity contribution in [1.82, 2.24) is 16.0 Å². The predicted molar refractivity (Wildman–Crippen MR) is 126 cm³/mol. The molecule has 0 unspecified atom stereocenters. The van der Waals surface area contributed by atoms with E-state index >= 15 is 0 Å². The quantitative estimate of drug-likeness (QED) is 0.241. The zero-order valence-corrected chi connectivity index (χ0v) is 19.7. The summed E-state index contributed by atoms with van der Waals surface area (Å²) in [4.78, 5) is 16.0. The number of ether oxygens (including phenoxy) is 2. The van der Waals surface area contributed by atoms with E-state index < -0.39 is 6.61 Å². The van der Waals surface area contributed by atoms with Crippen LogP contribution in [0.2, 0.25) is 0 Å². The normalized spacial score (nSPS) is 10.8. The first-order valence-corrected chi connectivity index (χ1v) is 9.38. The maximum absolute atomic E-state index is 12.6. The van der Waals surface area contributed by atoms with Gasteiger partial charge in [-0.15, -0.1) is 24.0 Å². The average molecular weight is 548 g/mol. The monoisotopic (exact) mass is 548 g/mol. The van der Waals surface area contributed by atoms with Crippen LogP contribution in [0.1, 0.15) is 17.5 Å². The molecule has 0 saturated heterocycles. The summed E-state index contributed by atoms with van der Waals surface area (Å²) in [7, 11) is 3.07. The van der Waals surface area contributed by atoms with Crippen molar-refractivity contribution in [3.05, 3.63) is 59.7 Å². The lowest BCUT2D eigenvalue weighted by Crippen LogP contribution is -2.39. The van der Waals surface area contributed by atoms with Crippen LogP contribution in [0.5, 0.6) is 11.5 Å². The van der Waals surface area contributed by atoms with Crippen LogP contribution in [-0.4, -0.2) is 39.2 Å². The van der Waals surface area contributed by atoms with E-state index in [1.807, 2.05) is 30.3 Å². The van der Waals surface area contributed by atoms with Gasteiger partial charge in [-0.05, 0) is 23.8 Å². The molecule has 2 aromatic carbocycles. The van der Waals surface area contributed by atoms with Crippen LogP contribution in [-0.2, 0) is 17.9 Å². The minimum atomic E-state index is -2.93. The average Bonchev–Trinajstić information content (AvgIpc) is 2.75. The smallest absolute Gasteiger partial charge is 0.387 e. The highest BCUT2D eigenvalue weighted by Gasteiger charge is 2.12. The van der Waals surface area contributed by atoms with Gasteiger partial charge in [-0.25, -0.2) is 0 Å². The van der Waals surface area contributed by atoms with Crippen LogP contribution in [0.4, 0.5) is 8.78 Å². The van der Waals surface area contributed by atoms with E-state index in [1.54, 1.807) is 19.2 Å². The zero-order valence-electron chi connectivity index (χ0n) is 17.4. The van der Waals surface area contributed by atoms with Gasteiger partial charge in [0.2, 0.25) is 5.91 Å². The molecule has 0 radical (unpaired) electrons. The van der Waals surface area contributed by atoms with Gasteiger partial charge in [-0.3, -0.25) is 9.79 Å². The Kier molecular flexibility index (Phi) is 12.3. The molecule has 0 fully saturated rings. The Balaban J connectivity index is 0.00000480. The molecule has 0 aliphatic rings. The minimum absolute atomic E-state index is 0. The number of carbonyl (C=O) groups excluding carboxylic acids is 1. The summed E-state index contributed by atoms with van der Waals surface area (Å²) in [5.41, 5.74) is 1.51. The molecule has 0 atom stereocenters. The summed E-state index contributed by atoms with van der Waals surface area (Å²) < 4.78 is 34.9. The van der Waals surface area contributed by atoms with Gasteiger partial charge in [0.25, 0.3) is 0 Å². The summed E-state index contributed by atoms with van der Waals surface area (Å²) in [6.45, 7) is -1.92. The maximum Gasteiger partial charge on any atom is 0.387 e. The molecule has 0 aliphatic carbocycles. The van der Waals surface area contributed by atoms with Crippen molar-refractivity contribution in [1.29, 1.82) is 0 Å². The van der Waals surface area contributed by atoms with Crippen LogP contribution in [0.25, 0.3) is 0 Å². The van der Waals surface area contributed by atoms with E-state index in [1.165, 1.54) is 13.2 Å². The number of amides is 1. The number of benzene rings is 2. The lowest BCUT2D eigenvalue weighted by Gasteiger charge is -2.15. The second-order valence-electron chi connectivity index (χ2n) is 6.22. The Morgan fingerprint density at radius 2 is 1.81 bits per heavy atom. The second-order valence-corrected chi connectivity index (χ2v) is 6.22. The van der Waals surface area contributed by atoms with Crippen LogP contribution in [0.15, 0.2) is 53.5 Å². The minimum Gasteiger partial charge on any atom is -0.497 e. The highest BCUT2D eigenvalue weighted by atomic mass is 127. The van der Waals surface area contributed by atoms with Gasteiger partial charge in [0.1, 0.15) is 11.5 Å². The van der Waals surface area contributed by atoms with Crippen molar-refractivity contribution in [3.8, 4) is 11.5 Å². The molecule has 1 amide bonds. The first-order chi connectivity index (χ1) is 14.5. The van der Waals surface area contributed by atoms with E-state index in [0.29, 0.717) is 30.4 Å². The maximum atomic E-state index is 12.6. The highest BCUT2D eigenvalue weighted by Crippen LogP contribution is 2.25. The van der Waals surface area contributed by atoms with Gasteiger partial charge in [0.05, 0.1) is 7.11 Å². The summed E-state index contributed by atoms with van der Waals surface area (Å²) in [5, 5.41) is 8.87. The number of halogens is 3. The molecule has 0 heterocycles. The van der Waals surface area contributed by atoms with Gasteiger partial charge in [0, 0.05) is 38.7 Å². The van der Waals surface area contributed by atoms with E-state index in [4.69, 9.17) is 4.74 Å². The van der Waals surface area contributed by atoms with Crippen molar-refractivity contribution in [2.24, 2.45) is 4.99 Å². The summed E-state index contributed by atoms with van der Waals surface area (Å²) in [5.74, 6) is 0.902. The summed E-state index contributed by atoms with van der Waals surface area (Å²) in [6.07, 6.45) is 0.256. The molecule has 10 heteroatoms. The first kappa shape index (κ1) is 26.4. The Labute approximate surface area is 197 Å². The number of methoxy groups -OCH3 is 1. The van der Waals surface area contributed by atoms with Crippen LogP contribution >= 0.6 is 24.0 Å². The number of alkyl halides is 2. The molecule has 2 rings (SSSR count). The molecule has 0 aromatic heterocycles. The lowest BCUT2D eigenvalue weighted by atomic mass is 10.2. The number of guanidine groups is 1. The van der Waals surface area contributed by atoms with Gasteiger partial charge >= 0.3 is 6.61 Å². The largest absolute Gasteiger partial charge is 0.497 e. The molecule has 31 heavy (non-hydrogen) atoms. The molecular weight excluding hydrogens is 521 g/mol. The number of rotatable bonds is 10. The fourth-order valence-electron chi connectivity index (χ4n) is 2.61. The van der Waals surface area contributed by atoms with Gasteiger partial charge in [-0.1, -0.05) is 30.3 Å². The SMILES string of the molecule is CN=C(NCCC(=O)NCc1ccccc1)NCc1cc(OC)ccc1OC(F)F.I. The summed E-state index contributed by atoms with van der Waals surface area (Å²) in [6, 6.07) is 14.2. The van der Waals surface area contributed by atoms with Gasteiger partial charge in [0.15, 0.2) is 5.96 Å². The Morgan fingerprint density at radius 1 is 1.06 bits per heavy atom. The third-order valence-corrected chi connectivity index (χ3v) is 4.13. The van der Waals surface area contributed by atoms with Gasteiger partial charge in [-0.2, -0.15) is 8.78 Å². The Hall–Kier alpha value is -2.63. The lowest BCUT2D eigenvalue weighted by molar-refractivity contribution is -0.121. The number of aliphatic imine (C=N–C) groups is 1. The number of carbonyl (C=O) groups is 1. The summed E-state index contributed by atoms with van der Waals surface area (Å²) >= 11 is 0. The Bertz CT molecular complexity index is 839. The third-order valence-electron chi connectivity index (χ3n) is 4.13. The van der Waals surface area contributed by atoms with Crippen LogP contribution < -0.4 is 25.4 Å². The van der Waals surface area contributed by atoms with Crippen LogP contribution in [0.3, 0.4) is 0 Å². The second kappa shape index (κ2) is 14.4. The number of nitrogens with one attached hydrogen (secondary N) is 3. The van der Waals surface area contributed by atoms with Gasteiger partial charge < -0.3 is 25.4 Å².